The predicted octanol–water partition coefficient (Wildman–Crippen LogP) is 0.792. The van der Waals surface area contributed by atoms with Crippen LogP contribution < -0.4 is 0 Å². The van der Waals surface area contributed by atoms with E-state index >= 15 is 0 Å². The molecule has 1 N–H and O–H groups in total. The molecule has 6 heteroatoms. The third kappa shape index (κ3) is 4.32. The van der Waals surface area contributed by atoms with Crippen LogP contribution in [0.5, 0.6) is 0 Å². The molecule has 0 aromatic heterocycles. The molecular formula is C11H18O6. The number of hydrogen-bond donors (Lipinski definition) is 1. The molecular weight excluding hydrogens is 228 g/mol. The maximum atomic E-state index is 11.2. The van der Waals surface area contributed by atoms with Crippen molar-refractivity contribution in [1.82, 2.24) is 0 Å². The third-order valence-corrected chi connectivity index (χ3v) is 2.65. The Morgan fingerprint density at radius 1 is 1.47 bits per heavy atom. The van der Waals surface area contributed by atoms with Crippen LogP contribution in [0.25, 0.3) is 0 Å². The molecule has 0 aromatic carbocycles. The van der Waals surface area contributed by atoms with Crippen LogP contribution in [0.3, 0.4) is 0 Å². The number of ether oxygens (including phenoxy) is 3. The van der Waals surface area contributed by atoms with Crippen molar-refractivity contribution >= 4 is 11.9 Å². The van der Waals surface area contributed by atoms with Crippen molar-refractivity contribution in [3.8, 4) is 0 Å². The van der Waals surface area contributed by atoms with E-state index in [9.17, 15) is 9.59 Å². The van der Waals surface area contributed by atoms with E-state index in [1.165, 1.54) is 7.11 Å². The highest BCUT2D eigenvalue weighted by atomic mass is 16.7. The summed E-state index contributed by atoms with van der Waals surface area (Å²) in [4.78, 5) is 22.0. The summed E-state index contributed by atoms with van der Waals surface area (Å²) in [5, 5.41) is 8.81. The lowest BCUT2D eigenvalue weighted by molar-refractivity contribution is -0.156. The average molecular weight is 246 g/mol. The summed E-state index contributed by atoms with van der Waals surface area (Å²) >= 11 is 0. The fraction of sp³-hybridized carbons (Fsp3) is 0.818. The molecule has 0 spiro atoms. The third-order valence-electron chi connectivity index (χ3n) is 2.65. The minimum atomic E-state index is -0.966. The molecule has 1 saturated heterocycles. The lowest BCUT2D eigenvalue weighted by Crippen LogP contribution is -2.30. The van der Waals surface area contributed by atoms with E-state index < -0.39 is 23.6 Å². The molecule has 1 aliphatic rings. The monoisotopic (exact) mass is 246 g/mol. The van der Waals surface area contributed by atoms with Crippen LogP contribution in [0.15, 0.2) is 0 Å². The molecule has 6 nitrogen and oxygen atoms in total. The van der Waals surface area contributed by atoms with E-state index in [1.54, 1.807) is 13.8 Å². The number of hydrogen-bond acceptors (Lipinski definition) is 5. The zero-order valence-electron chi connectivity index (χ0n) is 10.3. The van der Waals surface area contributed by atoms with Gasteiger partial charge in [-0.2, -0.15) is 0 Å². The average Bonchev–Trinajstić information content (AvgIpc) is 2.57. The summed E-state index contributed by atoms with van der Waals surface area (Å²) in [6.07, 6.45) is -0.508. The first-order valence-corrected chi connectivity index (χ1v) is 5.44. The standard InChI is InChI=1S/C11H18O6/c1-11(2)16-6-8(17-11)7(4-9(12)13)5-10(14)15-3/h7-8H,4-6H2,1-3H3,(H,12,13). The van der Waals surface area contributed by atoms with E-state index in [0.29, 0.717) is 6.61 Å². The molecule has 0 aromatic rings. The lowest BCUT2D eigenvalue weighted by atomic mass is 9.95. The number of esters is 1. The molecule has 1 fully saturated rings. The summed E-state index contributed by atoms with van der Waals surface area (Å²) in [5.41, 5.74) is 0. The summed E-state index contributed by atoms with van der Waals surface area (Å²) in [6, 6.07) is 0. The highest BCUT2D eigenvalue weighted by Crippen LogP contribution is 2.30. The van der Waals surface area contributed by atoms with E-state index in [0.717, 1.165) is 0 Å². The van der Waals surface area contributed by atoms with E-state index in [-0.39, 0.29) is 18.9 Å². The van der Waals surface area contributed by atoms with Gasteiger partial charge in [-0.3, -0.25) is 9.59 Å². The maximum Gasteiger partial charge on any atom is 0.305 e. The van der Waals surface area contributed by atoms with Gasteiger partial charge >= 0.3 is 11.9 Å². The zero-order chi connectivity index (χ0) is 13.1. The Morgan fingerprint density at radius 2 is 2.12 bits per heavy atom. The first-order chi connectivity index (χ1) is 7.84. The van der Waals surface area contributed by atoms with Gasteiger partial charge in [-0.05, 0) is 13.8 Å². The Hall–Kier alpha value is -1.14. The smallest absolute Gasteiger partial charge is 0.305 e. The fourth-order valence-electron chi connectivity index (χ4n) is 1.80. The maximum absolute atomic E-state index is 11.2. The van der Waals surface area contributed by atoms with E-state index in [1.807, 2.05) is 0 Å². The topological polar surface area (TPSA) is 82.1 Å². The summed E-state index contributed by atoms with van der Waals surface area (Å²) < 4.78 is 15.5. The number of rotatable bonds is 5. The molecule has 0 bridgehead atoms. The minimum absolute atomic E-state index is 0.0207. The number of carboxylic acid groups (broad SMARTS) is 1. The van der Waals surface area contributed by atoms with Gasteiger partial charge in [-0.25, -0.2) is 0 Å². The Morgan fingerprint density at radius 3 is 2.53 bits per heavy atom. The van der Waals surface area contributed by atoms with Crippen molar-refractivity contribution in [2.24, 2.45) is 5.92 Å². The van der Waals surface area contributed by atoms with Crippen LogP contribution in [-0.4, -0.2) is 42.7 Å². The van der Waals surface area contributed by atoms with Gasteiger partial charge in [0.1, 0.15) is 0 Å². The van der Waals surface area contributed by atoms with Crippen LogP contribution >= 0.6 is 0 Å². The number of carbonyl (C=O) groups excluding carboxylic acids is 1. The van der Waals surface area contributed by atoms with Gasteiger partial charge in [0.05, 0.1) is 32.7 Å². The van der Waals surface area contributed by atoms with Crippen molar-refractivity contribution in [2.75, 3.05) is 13.7 Å². The summed E-state index contributed by atoms with van der Waals surface area (Å²) in [5.74, 6) is -2.56. The molecule has 1 rings (SSSR count). The molecule has 2 unspecified atom stereocenters. The highest BCUT2D eigenvalue weighted by molar-refractivity contribution is 5.72. The largest absolute Gasteiger partial charge is 0.481 e. The van der Waals surface area contributed by atoms with Gasteiger partial charge < -0.3 is 19.3 Å². The molecule has 0 aliphatic carbocycles. The van der Waals surface area contributed by atoms with Gasteiger partial charge in [-0.1, -0.05) is 0 Å². The van der Waals surface area contributed by atoms with Crippen molar-refractivity contribution in [3.63, 3.8) is 0 Å². The van der Waals surface area contributed by atoms with Crippen LogP contribution in [0, 0.1) is 5.92 Å². The molecule has 2 atom stereocenters. The van der Waals surface area contributed by atoms with Gasteiger partial charge in [0.2, 0.25) is 0 Å². The van der Waals surface area contributed by atoms with Crippen LogP contribution in [0.2, 0.25) is 0 Å². The number of methoxy groups -OCH3 is 1. The molecule has 17 heavy (non-hydrogen) atoms. The first-order valence-electron chi connectivity index (χ1n) is 5.44. The van der Waals surface area contributed by atoms with Crippen LogP contribution in [0.4, 0.5) is 0 Å². The quantitative estimate of drug-likeness (QED) is 0.722. The second-order valence-corrected chi connectivity index (χ2v) is 4.51. The molecule has 1 heterocycles. The Kier molecular flexibility index (Phi) is 4.47. The second-order valence-electron chi connectivity index (χ2n) is 4.51. The first kappa shape index (κ1) is 13.9. The Bertz CT molecular complexity index is 298. The number of aliphatic carboxylic acids is 1. The Labute approximate surface area is 99.8 Å². The van der Waals surface area contributed by atoms with E-state index in [4.69, 9.17) is 14.6 Å². The summed E-state index contributed by atoms with van der Waals surface area (Å²) in [6.45, 7) is 3.80. The summed E-state index contributed by atoms with van der Waals surface area (Å²) in [7, 11) is 1.27. The number of carbonyl (C=O) groups is 2. The van der Waals surface area contributed by atoms with Crippen molar-refractivity contribution in [3.05, 3.63) is 0 Å². The van der Waals surface area contributed by atoms with Crippen LogP contribution in [0.1, 0.15) is 26.7 Å². The van der Waals surface area contributed by atoms with Crippen molar-refractivity contribution in [2.45, 2.75) is 38.6 Å². The molecule has 0 saturated carbocycles. The molecule has 98 valence electrons. The van der Waals surface area contributed by atoms with Gasteiger partial charge in [0, 0.05) is 5.92 Å². The molecule has 0 amide bonds. The molecule has 1 aliphatic heterocycles. The second kappa shape index (κ2) is 5.46. The van der Waals surface area contributed by atoms with Gasteiger partial charge in [0.25, 0.3) is 0 Å². The van der Waals surface area contributed by atoms with Crippen molar-refractivity contribution < 1.29 is 28.9 Å². The van der Waals surface area contributed by atoms with E-state index in [2.05, 4.69) is 4.74 Å². The van der Waals surface area contributed by atoms with Crippen LogP contribution in [-0.2, 0) is 23.8 Å². The predicted molar refractivity (Wildman–Crippen MR) is 57.3 cm³/mol. The highest BCUT2D eigenvalue weighted by Gasteiger charge is 2.39. The minimum Gasteiger partial charge on any atom is -0.481 e. The number of carboxylic acids is 1. The zero-order valence-corrected chi connectivity index (χ0v) is 10.3. The Balaban J connectivity index is 2.63. The fourth-order valence-corrected chi connectivity index (χ4v) is 1.80. The van der Waals surface area contributed by atoms with Gasteiger partial charge in [-0.15, -0.1) is 0 Å². The van der Waals surface area contributed by atoms with Gasteiger partial charge in [0.15, 0.2) is 5.79 Å². The normalized spacial score (nSPS) is 24.3. The lowest BCUT2D eigenvalue weighted by Gasteiger charge is -2.22. The SMILES string of the molecule is COC(=O)CC(CC(=O)O)C1COC(C)(C)O1. The molecule has 0 radical (unpaired) electrons. The van der Waals surface area contributed by atoms with Crippen molar-refractivity contribution in [1.29, 1.82) is 0 Å².